The summed E-state index contributed by atoms with van der Waals surface area (Å²) >= 11 is 4.93. The van der Waals surface area contributed by atoms with Crippen LogP contribution in [-0.4, -0.2) is 45.5 Å². The zero-order valence-corrected chi connectivity index (χ0v) is 15.4. The molecular formula is C15H19BrN6S. The normalized spacial score (nSPS) is 19.1. The Morgan fingerprint density at radius 3 is 2.52 bits per heavy atom. The molecule has 1 aliphatic carbocycles. The molecule has 23 heavy (non-hydrogen) atoms. The Bertz CT molecular complexity index is 663. The van der Waals surface area contributed by atoms with E-state index < -0.39 is 0 Å². The molecule has 4 rings (SSSR count). The summed E-state index contributed by atoms with van der Waals surface area (Å²) in [5, 5.41) is 1.09. The molecule has 0 radical (unpaired) electrons. The molecule has 2 aromatic rings. The Hall–Kier alpha value is -1.28. The Morgan fingerprint density at radius 1 is 1.17 bits per heavy atom. The molecule has 0 spiro atoms. The lowest BCUT2D eigenvalue weighted by atomic mass is 10.0. The molecule has 1 saturated carbocycles. The zero-order valence-electron chi connectivity index (χ0n) is 13.0. The van der Waals surface area contributed by atoms with E-state index in [2.05, 4.69) is 47.1 Å². The van der Waals surface area contributed by atoms with Crippen molar-refractivity contribution in [2.75, 3.05) is 29.9 Å². The monoisotopic (exact) mass is 394 g/mol. The summed E-state index contributed by atoms with van der Waals surface area (Å²) in [6.45, 7) is 2.04. The second-order valence-corrected chi connectivity index (χ2v) is 7.89. The third kappa shape index (κ3) is 3.33. The minimum Gasteiger partial charge on any atom is -0.347 e. The third-order valence-electron chi connectivity index (χ3n) is 4.58. The van der Waals surface area contributed by atoms with Gasteiger partial charge in [0.1, 0.15) is 5.82 Å². The van der Waals surface area contributed by atoms with Gasteiger partial charge in [-0.15, -0.1) is 0 Å². The average molecular weight is 395 g/mol. The van der Waals surface area contributed by atoms with Gasteiger partial charge in [-0.25, -0.2) is 15.0 Å². The quantitative estimate of drug-likeness (QED) is 0.793. The molecule has 1 aliphatic heterocycles. The van der Waals surface area contributed by atoms with E-state index in [9.17, 15) is 0 Å². The van der Waals surface area contributed by atoms with E-state index in [0.717, 1.165) is 47.3 Å². The smallest absolute Gasteiger partial charge is 0.225 e. The lowest BCUT2D eigenvalue weighted by Crippen LogP contribution is -2.44. The van der Waals surface area contributed by atoms with Gasteiger partial charge in [0.05, 0.1) is 4.47 Å². The topological polar surface area (TPSA) is 58.0 Å². The average Bonchev–Trinajstić information content (AvgIpc) is 3.32. The molecule has 3 heterocycles. The van der Waals surface area contributed by atoms with Crippen LogP contribution < -0.4 is 9.80 Å². The van der Waals surface area contributed by atoms with Crippen LogP contribution in [0.4, 0.5) is 11.1 Å². The van der Waals surface area contributed by atoms with Crippen molar-refractivity contribution in [1.29, 1.82) is 0 Å². The van der Waals surface area contributed by atoms with Crippen LogP contribution >= 0.6 is 27.5 Å². The maximum Gasteiger partial charge on any atom is 0.225 e. The number of anilines is 2. The van der Waals surface area contributed by atoms with Gasteiger partial charge in [-0.3, -0.25) is 0 Å². The molecule has 6 nitrogen and oxygen atoms in total. The highest BCUT2D eigenvalue weighted by molar-refractivity contribution is 9.10. The van der Waals surface area contributed by atoms with E-state index in [1.807, 2.05) is 0 Å². The first kappa shape index (κ1) is 15.3. The highest BCUT2D eigenvalue weighted by Gasteiger charge is 2.30. The Kier molecular flexibility index (Phi) is 4.19. The second-order valence-electron chi connectivity index (χ2n) is 6.24. The van der Waals surface area contributed by atoms with E-state index in [4.69, 9.17) is 4.98 Å². The van der Waals surface area contributed by atoms with Crippen molar-refractivity contribution >= 4 is 38.5 Å². The summed E-state index contributed by atoms with van der Waals surface area (Å²) in [6.07, 6.45) is 8.30. The highest BCUT2D eigenvalue weighted by Crippen LogP contribution is 2.40. The first-order valence-electron chi connectivity index (χ1n) is 7.99. The van der Waals surface area contributed by atoms with E-state index in [0.29, 0.717) is 12.0 Å². The lowest BCUT2D eigenvalue weighted by molar-refractivity contribution is 0.477. The lowest BCUT2D eigenvalue weighted by Gasteiger charge is -2.36. The van der Waals surface area contributed by atoms with E-state index in [-0.39, 0.29) is 0 Å². The number of rotatable bonds is 4. The fourth-order valence-corrected chi connectivity index (χ4v) is 3.96. The van der Waals surface area contributed by atoms with Crippen molar-refractivity contribution < 1.29 is 0 Å². The van der Waals surface area contributed by atoms with E-state index in [1.165, 1.54) is 12.8 Å². The first-order chi connectivity index (χ1) is 11.2. The van der Waals surface area contributed by atoms with Crippen LogP contribution in [0.2, 0.25) is 0 Å². The Morgan fingerprint density at radius 2 is 1.87 bits per heavy atom. The van der Waals surface area contributed by atoms with Crippen LogP contribution in [0.5, 0.6) is 0 Å². The van der Waals surface area contributed by atoms with Crippen molar-refractivity contribution in [3.63, 3.8) is 0 Å². The van der Waals surface area contributed by atoms with Crippen LogP contribution in [0.1, 0.15) is 37.4 Å². The molecule has 122 valence electrons. The molecular weight excluding hydrogens is 376 g/mol. The SMILES string of the molecule is CN(c1ncc(Br)cn1)C1CCN(c2nc(C3CC3)ns2)CC1. The predicted octanol–water partition coefficient (Wildman–Crippen LogP) is 3.07. The summed E-state index contributed by atoms with van der Waals surface area (Å²) in [7, 11) is 2.08. The zero-order chi connectivity index (χ0) is 15.8. The van der Waals surface area contributed by atoms with Gasteiger partial charge in [0.2, 0.25) is 11.1 Å². The molecule has 1 saturated heterocycles. The summed E-state index contributed by atoms with van der Waals surface area (Å²) < 4.78 is 5.43. The van der Waals surface area contributed by atoms with Crippen LogP contribution in [0.3, 0.4) is 0 Å². The maximum atomic E-state index is 4.72. The molecule has 2 fully saturated rings. The maximum absolute atomic E-state index is 4.72. The van der Waals surface area contributed by atoms with Crippen molar-refractivity contribution in [2.45, 2.75) is 37.6 Å². The van der Waals surface area contributed by atoms with Crippen molar-refractivity contribution in [1.82, 2.24) is 19.3 Å². The summed E-state index contributed by atoms with van der Waals surface area (Å²) in [5.41, 5.74) is 0. The number of aromatic nitrogens is 4. The van der Waals surface area contributed by atoms with Crippen LogP contribution in [-0.2, 0) is 0 Å². The standard InChI is InChI=1S/C15H19BrN6S/c1-21(14-17-8-11(16)9-18-14)12-4-6-22(7-5-12)15-19-13(20-23-15)10-2-3-10/h8-10,12H,2-7H2,1H3. The number of nitrogens with zero attached hydrogens (tertiary/aromatic N) is 6. The molecule has 0 amide bonds. The van der Waals surface area contributed by atoms with Gasteiger partial charge in [0.15, 0.2) is 0 Å². The number of halogens is 1. The Balaban J connectivity index is 1.37. The first-order valence-corrected chi connectivity index (χ1v) is 9.56. The van der Waals surface area contributed by atoms with Crippen molar-refractivity contribution in [2.24, 2.45) is 0 Å². The number of hydrogen-bond acceptors (Lipinski definition) is 7. The van der Waals surface area contributed by atoms with Gasteiger partial charge in [0, 0.05) is 56.0 Å². The molecule has 0 bridgehead atoms. The summed E-state index contributed by atoms with van der Waals surface area (Å²) in [5.74, 6) is 2.49. The molecule has 0 unspecified atom stereocenters. The highest BCUT2D eigenvalue weighted by atomic mass is 79.9. The van der Waals surface area contributed by atoms with Crippen molar-refractivity contribution in [3.8, 4) is 0 Å². The fourth-order valence-electron chi connectivity index (χ4n) is 2.96. The summed E-state index contributed by atoms with van der Waals surface area (Å²) in [4.78, 5) is 18.1. The van der Waals surface area contributed by atoms with Gasteiger partial charge in [-0.05, 0) is 41.6 Å². The minimum atomic E-state index is 0.475. The Labute approximate surface area is 148 Å². The second kappa shape index (κ2) is 6.32. The van der Waals surface area contributed by atoms with Gasteiger partial charge in [-0.2, -0.15) is 4.37 Å². The van der Waals surface area contributed by atoms with Crippen molar-refractivity contribution in [3.05, 3.63) is 22.7 Å². The number of hydrogen-bond donors (Lipinski definition) is 0. The minimum absolute atomic E-state index is 0.475. The molecule has 2 aliphatic rings. The van der Waals surface area contributed by atoms with E-state index >= 15 is 0 Å². The molecule has 0 N–H and O–H groups in total. The van der Waals surface area contributed by atoms with Crippen LogP contribution in [0.15, 0.2) is 16.9 Å². The molecule has 0 aromatic carbocycles. The summed E-state index contributed by atoms with van der Waals surface area (Å²) in [6, 6.07) is 0.475. The van der Waals surface area contributed by atoms with Crippen LogP contribution in [0, 0.1) is 0 Å². The van der Waals surface area contributed by atoms with Gasteiger partial charge in [0.25, 0.3) is 0 Å². The van der Waals surface area contributed by atoms with Gasteiger partial charge < -0.3 is 9.80 Å². The predicted molar refractivity (Wildman–Crippen MR) is 95.3 cm³/mol. The molecule has 0 atom stereocenters. The molecule has 2 aromatic heterocycles. The van der Waals surface area contributed by atoms with Gasteiger partial charge in [-0.1, -0.05) is 0 Å². The number of piperidine rings is 1. The fraction of sp³-hybridized carbons (Fsp3) is 0.600. The largest absolute Gasteiger partial charge is 0.347 e. The van der Waals surface area contributed by atoms with E-state index in [1.54, 1.807) is 23.9 Å². The molecule has 8 heteroatoms. The van der Waals surface area contributed by atoms with Gasteiger partial charge >= 0.3 is 0 Å². The third-order valence-corrected chi connectivity index (χ3v) is 5.78. The van der Waals surface area contributed by atoms with Crippen LogP contribution in [0.25, 0.3) is 0 Å².